The van der Waals surface area contributed by atoms with Crippen LogP contribution in [0.1, 0.15) is 21.9 Å². The summed E-state index contributed by atoms with van der Waals surface area (Å²) in [6, 6.07) is 11.1. The molecule has 0 bridgehead atoms. The number of nitrogens with one attached hydrogen (secondary N) is 5. The second kappa shape index (κ2) is 25.5. The summed E-state index contributed by atoms with van der Waals surface area (Å²) in [7, 11) is 0. The summed E-state index contributed by atoms with van der Waals surface area (Å²) in [6.45, 7) is 6.27. The Bertz CT molecular complexity index is 951. The molecule has 5 N–H and O–H groups in total. The molecule has 0 atom stereocenters. The van der Waals surface area contributed by atoms with Gasteiger partial charge in [0.25, 0.3) is 5.91 Å². The Morgan fingerprint density at radius 2 is 1.13 bits per heavy atom. The minimum atomic E-state index is -0.138. The maximum Gasteiger partial charge on any atom is 2.00 e. The van der Waals surface area contributed by atoms with E-state index in [1.165, 1.54) is 0 Å². The molecule has 1 aromatic heterocycles. The zero-order valence-electron chi connectivity index (χ0n) is 20.5. The van der Waals surface area contributed by atoms with Crippen molar-refractivity contribution in [2.45, 2.75) is 13.8 Å². The molecule has 0 aliphatic rings. The van der Waals surface area contributed by atoms with Crippen molar-refractivity contribution in [1.29, 1.82) is 0 Å². The van der Waals surface area contributed by atoms with Gasteiger partial charge in [-0.3, -0.25) is 4.79 Å². The third kappa shape index (κ3) is 24.6. The van der Waals surface area contributed by atoms with Gasteiger partial charge < -0.3 is 130 Å². The van der Waals surface area contributed by atoms with E-state index in [2.05, 4.69) is 126 Å². The van der Waals surface area contributed by atoms with Crippen LogP contribution in [0.4, 0.5) is 5.69 Å². The number of aryl methyl sites for hydroxylation is 2. The number of amides is 1. The van der Waals surface area contributed by atoms with E-state index < -0.39 is 0 Å². The number of carbonyl (C=O) groups is 1. The Hall–Kier alpha value is -0.447. The Morgan fingerprint density at radius 1 is 0.763 bits per heavy atom. The largest absolute Gasteiger partial charge is 2.00 e. The van der Waals surface area contributed by atoms with Crippen LogP contribution >= 0.6 is 48.9 Å². The van der Waals surface area contributed by atoms with Gasteiger partial charge >= 0.3 is 36.5 Å². The van der Waals surface area contributed by atoms with E-state index >= 15 is 0 Å². The van der Waals surface area contributed by atoms with Gasteiger partial charge in [0.05, 0.1) is 5.56 Å². The molecule has 38 heavy (non-hydrogen) atoms. The van der Waals surface area contributed by atoms with E-state index in [-0.39, 0.29) is 42.5 Å². The number of rotatable bonds is 8. The topological polar surface area (TPSA) is 90.4 Å². The van der Waals surface area contributed by atoms with E-state index in [0.29, 0.717) is 54.8 Å². The number of hydrogen-bond donors (Lipinski definition) is 5. The maximum atomic E-state index is 11.9. The van der Waals surface area contributed by atoms with Crippen LogP contribution in [0.3, 0.4) is 0 Å². The van der Waals surface area contributed by atoms with Crippen LogP contribution in [-0.4, -0.2) is 49.4 Å². The Morgan fingerprint density at radius 3 is 1.42 bits per heavy atom. The van der Waals surface area contributed by atoms with Gasteiger partial charge in [-0.1, -0.05) is 35.5 Å². The van der Waals surface area contributed by atoms with Crippen molar-refractivity contribution in [2.75, 3.05) is 31.5 Å². The van der Waals surface area contributed by atoms with Crippen molar-refractivity contribution < 1.29 is 45.8 Å². The number of thiocarbonyl (C=S) groups is 4. The van der Waals surface area contributed by atoms with Crippen LogP contribution in [-0.2, 0) is 87.1 Å². The summed E-state index contributed by atoms with van der Waals surface area (Å²) in [5, 5.41) is 13.9. The molecule has 1 amide bonds. The van der Waals surface area contributed by atoms with E-state index in [1.807, 2.05) is 37.3 Å². The molecule has 0 unspecified atom stereocenters. The molecule has 1 aromatic carbocycles. The first-order valence-corrected chi connectivity index (χ1v) is 13.4. The van der Waals surface area contributed by atoms with Crippen molar-refractivity contribution >= 4 is 128 Å². The maximum absolute atomic E-state index is 11.9. The monoisotopic (exact) mass is 754 g/mol. The fourth-order valence-electron chi connectivity index (χ4n) is 2.23. The summed E-state index contributed by atoms with van der Waals surface area (Å²) in [6.07, 6.45) is 0. The van der Waals surface area contributed by atoms with Crippen LogP contribution in [0, 0.1) is 13.8 Å². The minimum absolute atomic E-state index is 0. The number of furan rings is 1. The molecule has 17 heteroatoms. The average Bonchev–Trinajstić information content (AvgIpc) is 3.13. The van der Waals surface area contributed by atoms with Crippen LogP contribution < -0.4 is 26.6 Å². The molecule has 0 saturated carbocycles. The predicted molar refractivity (Wildman–Crippen MR) is 174 cm³/mol. The van der Waals surface area contributed by atoms with Gasteiger partial charge in [-0.25, -0.2) is 0 Å². The van der Waals surface area contributed by atoms with Gasteiger partial charge in [0, 0.05) is 31.9 Å². The standard InChI is InChI=1S/C13H13NO2.2C4H8N2S4.Mn.Zn/c1-9-8-12(10(2)16-9)13(15)14-11-6-4-3-5-7-11;2*7-3(8)5-1-2-6-4(9)10;;/h3-8H,1-2H3,(H,14,15);2*1-2H2,(H2,5,7,8)(H2,6,9,10);;/q;;;2*+2/p-4. The molecule has 0 saturated heterocycles. The zero-order valence-corrected chi connectivity index (χ0v) is 31.1. The van der Waals surface area contributed by atoms with Crippen molar-refractivity contribution in [2.24, 2.45) is 0 Å². The molecule has 0 aliphatic heterocycles. The van der Waals surface area contributed by atoms with Crippen LogP contribution in [0.5, 0.6) is 0 Å². The van der Waals surface area contributed by atoms with E-state index in [4.69, 9.17) is 4.42 Å². The number of para-hydroxylation sites is 1. The van der Waals surface area contributed by atoms with E-state index in [0.717, 1.165) is 11.4 Å². The number of anilines is 1. The molecular formula is C21H25MnN5O2S8Zn. The number of hydrogen-bond acceptors (Lipinski definition) is 10. The van der Waals surface area contributed by atoms with Crippen molar-refractivity contribution in [3.63, 3.8) is 0 Å². The van der Waals surface area contributed by atoms with Gasteiger partial charge in [-0.05, 0) is 32.0 Å². The SMILES string of the molecule is Cc1cc(C(=O)Nc2ccccc2)c(C)o1.S=C([S-])NCCNC(=S)[S-].S=C([S-])NCCNC(=S)[S-].[Mn+2].[Zn+2]. The Kier molecular flexibility index (Phi) is 28.2. The first-order chi connectivity index (χ1) is 16.9. The summed E-state index contributed by atoms with van der Waals surface area (Å²) in [5.41, 5.74) is 1.37. The fraction of sp³-hybridized carbons (Fsp3) is 0.286. The van der Waals surface area contributed by atoms with Crippen molar-refractivity contribution in [3.8, 4) is 0 Å². The molecule has 1 heterocycles. The number of benzene rings is 1. The zero-order chi connectivity index (χ0) is 27.5. The summed E-state index contributed by atoms with van der Waals surface area (Å²) < 4.78 is 6.80. The first kappa shape index (κ1) is 42.0. The molecule has 0 spiro atoms. The predicted octanol–water partition coefficient (Wildman–Crippen LogP) is 2.80. The molecule has 1 radical (unpaired) electrons. The summed E-state index contributed by atoms with van der Waals surface area (Å²) in [5.74, 6) is 1.25. The van der Waals surface area contributed by atoms with Crippen LogP contribution in [0.25, 0.3) is 0 Å². The van der Waals surface area contributed by atoms with Crippen molar-refractivity contribution in [1.82, 2.24) is 21.3 Å². The van der Waals surface area contributed by atoms with Gasteiger partial charge in [-0.15, -0.1) is 0 Å². The Balaban J connectivity index is -0.000000495. The smallest absolute Gasteiger partial charge is 0.466 e. The molecule has 0 fully saturated rings. The van der Waals surface area contributed by atoms with Crippen molar-refractivity contribution in [3.05, 3.63) is 53.5 Å². The van der Waals surface area contributed by atoms with E-state index in [9.17, 15) is 4.79 Å². The molecule has 2 rings (SSSR count). The molecule has 0 aliphatic carbocycles. The average molecular weight is 756 g/mol. The summed E-state index contributed by atoms with van der Waals surface area (Å²) in [4.78, 5) is 11.9. The van der Waals surface area contributed by atoms with Gasteiger partial charge in [0.1, 0.15) is 11.5 Å². The second-order valence-electron chi connectivity index (χ2n) is 6.50. The fourth-order valence-corrected chi connectivity index (χ4v) is 3.05. The summed E-state index contributed by atoms with van der Waals surface area (Å²) >= 11 is 36.7. The normalized spacial score (nSPS) is 8.68. The Labute approximate surface area is 291 Å². The first-order valence-electron chi connectivity index (χ1n) is 10.1. The molecule has 2 aromatic rings. The number of carbonyl (C=O) groups excluding carboxylic acids is 1. The second-order valence-corrected chi connectivity index (χ2v) is 10.8. The quantitative estimate of drug-likeness (QED) is 0.119. The molecular weight excluding hydrogens is 731 g/mol. The van der Waals surface area contributed by atoms with E-state index in [1.54, 1.807) is 13.0 Å². The van der Waals surface area contributed by atoms with Gasteiger partial charge in [0.2, 0.25) is 0 Å². The van der Waals surface area contributed by atoms with Crippen LogP contribution in [0.2, 0.25) is 0 Å². The van der Waals surface area contributed by atoms with Gasteiger partial charge in [0.15, 0.2) is 0 Å². The molecule has 203 valence electrons. The third-order valence-electron chi connectivity index (χ3n) is 3.64. The van der Waals surface area contributed by atoms with Gasteiger partial charge in [-0.2, -0.15) is 0 Å². The van der Waals surface area contributed by atoms with Crippen LogP contribution in [0.15, 0.2) is 40.8 Å². The third-order valence-corrected chi connectivity index (χ3v) is 4.80. The minimum Gasteiger partial charge on any atom is -0.466 e. The molecule has 7 nitrogen and oxygen atoms in total.